The molecule has 13 heavy (non-hydrogen) atoms. The van der Waals surface area contributed by atoms with Crippen molar-refractivity contribution < 1.29 is 0 Å². The van der Waals surface area contributed by atoms with Crippen LogP contribution in [-0.2, 0) is 0 Å². The van der Waals surface area contributed by atoms with Crippen LogP contribution in [-0.4, -0.2) is 37.1 Å². The predicted molar refractivity (Wildman–Crippen MR) is 57.9 cm³/mol. The summed E-state index contributed by atoms with van der Waals surface area (Å²) in [6, 6.07) is 0.609. The van der Waals surface area contributed by atoms with Gasteiger partial charge >= 0.3 is 0 Å². The quantitative estimate of drug-likeness (QED) is 0.658. The standard InChI is InChI=1S/C11H20N2/c1-3-6-11-10-12-7-5-9-13(11)8-4-2/h3-4,11-12H,1-2,5-10H2. The topological polar surface area (TPSA) is 15.3 Å². The van der Waals surface area contributed by atoms with Gasteiger partial charge in [0, 0.05) is 25.7 Å². The minimum absolute atomic E-state index is 0.609. The first kappa shape index (κ1) is 10.5. The van der Waals surface area contributed by atoms with Gasteiger partial charge < -0.3 is 5.32 Å². The van der Waals surface area contributed by atoms with Crippen molar-refractivity contribution in [2.45, 2.75) is 18.9 Å². The predicted octanol–water partition coefficient (Wildman–Crippen LogP) is 1.41. The molecule has 0 spiro atoms. The van der Waals surface area contributed by atoms with Crippen LogP contribution in [0.2, 0.25) is 0 Å². The van der Waals surface area contributed by atoms with Gasteiger partial charge in [-0.2, -0.15) is 0 Å². The molecule has 2 nitrogen and oxygen atoms in total. The lowest BCUT2D eigenvalue weighted by Gasteiger charge is -2.27. The second-order valence-corrected chi connectivity index (χ2v) is 3.52. The second-order valence-electron chi connectivity index (χ2n) is 3.52. The van der Waals surface area contributed by atoms with Gasteiger partial charge in [0.2, 0.25) is 0 Å². The lowest BCUT2D eigenvalue weighted by atomic mass is 10.1. The maximum Gasteiger partial charge on any atom is 0.0258 e. The van der Waals surface area contributed by atoms with Crippen molar-refractivity contribution in [1.82, 2.24) is 10.2 Å². The van der Waals surface area contributed by atoms with Crippen molar-refractivity contribution in [3.8, 4) is 0 Å². The summed E-state index contributed by atoms with van der Waals surface area (Å²) in [6.07, 6.45) is 6.30. The lowest BCUT2D eigenvalue weighted by Crippen LogP contribution is -2.39. The summed E-state index contributed by atoms with van der Waals surface area (Å²) in [5.41, 5.74) is 0. The van der Waals surface area contributed by atoms with E-state index >= 15 is 0 Å². The first-order valence-electron chi connectivity index (χ1n) is 5.05. The minimum Gasteiger partial charge on any atom is -0.315 e. The third-order valence-electron chi connectivity index (χ3n) is 2.50. The molecule has 2 heteroatoms. The number of nitrogens with zero attached hydrogens (tertiary/aromatic N) is 1. The maximum atomic E-state index is 3.80. The van der Waals surface area contributed by atoms with Crippen LogP contribution in [0.4, 0.5) is 0 Å². The van der Waals surface area contributed by atoms with E-state index in [-0.39, 0.29) is 0 Å². The molecule has 1 fully saturated rings. The molecule has 74 valence electrons. The Labute approximate surface area is 81.3 Å². The largest absolute Gasteiger partial charge is 0.315 e. The monoisotopic (exact) mass is 180 g/mol. The van der Waals surface area contributed by atoms with E-state index in [4.69, 9.17) is 0 Å². The molecule has 1 atom stereocenters. The molecule has 0 radical (unpaired) electrons. The third kappa shape index (κ3) is 3.33. The molecule has 0 aromatic heterocycles. The van der Waals surface area contributed by atoms with Crippen molar-refractivity contribution in [1.29, 1.82) is 0 Å². The van der Waals surface area contributed by atoms with Crippen molar-refractivity contribution in [3.63, 3.8) is 0 Å². The van der Waals surface area contributed by atoms with Crippen LogP contribution in [0.3, 0.4) is 0 Å². The zero-order valence-corrected chi connectivity index (χ0v) is 8.34. The Balaban J connectivity index is 2.49. The highest BCUT2D eigenvalue weighted by Gasteiger charge is 2.17. The Hall–Kier alpha value is -0.600. The Morgan fingerprint density at radius 2 is 2.23 bits per heavy atom. The Morgan fingerprint density at radius 3 is 2.92 bits per heavy atom. The zero-order valence-electron chi connectivity index (χ0n) is 8.34. The van der Waals surface area contributed by atoms with Gasteiger partial charge in [0.15, 0.2) is 0 Å². The molecule has 1 heterocycles. The van der Waals surface area contributed by atoms with E-state index in [1.165, 1.54) is 13.0 Å². The van der Waals surface area contributed by atoms with E-state index in [0.717, 1.165) is 26.1 Å². The highest BCUT2D eigenvalue weighted by Crippen LogP contribution is 2.08. The molecule has 1 aliphatic heterocycles. The summed E-state index contributed by atoms with van der Waals surface area (Å²) in [4.78, 5) is 2.48. The van der Waals surface area contributed by atoms with Crippen LogP contribution in [0.15, 0.2) is 25.3 Å². The van der Waals surface area contributed by atoms with Gasteiger partial charge in [-0.15, -0.1) is 13.2 Å². The average Bonchev–Trinajstić information content (AvgIpc) is 2.33. The van der Waals surface area contributed by atoms with Gasteiger partial charge in [-0.05, 0) is 19.4 Å². The van der Waals surface area contributed by atoms with Gasteiger partial charge in [0.1, 0.15) is 0 Å². The van der Waals surface area contributed by atoms with Crippen LogP contribution in [0, 0.1) is 0 Å². The smallest absolute Gasteiger partial charge is 0.0258 e. The minimum atomic E-state index is 0.609. The average molecular weight is 180 g/mol. The van der Waals surface area contributed by atoms with Crippen molar-refractivity contribution in [2.24, 2.45) is 0 Å². The van der Waals surface area contributed by atoms with E-state index in [1.54, 1.807) is 0 Å². The summed E-state index contributed by atoms with van der Waals surface area (Å²) in [6.45, 7) is 12.0. The molecule has 1 rings (SSSR count). The number of hydrogen-bond acceptors (Lipinski definition) is 2. The van der Waals surface area contributed by atoms with Crippen LogP contribution in [0.5, 0.6) is 0 Å². The summed E-state index contributed by atoms with van der Waals surface area (Å²) in [5, 5.41) is 3.45. The summed E-state index contributed by atoms with van der Waals surface area (Å²) >= 11 is 0. The molecular formula is C11H20N2. The first-order chi connectivity index (χ1) is 6.38. The third-order valence-corrected chi connectivity index (χ3v) is 2.50. The molecule has 1 unspecified atom stereocenters. The Kier molecular flexibility index (Phi) is 4.79. The highest BCUT2D eigenvalue weighted by atomic mass is 15.2. The number of nitrogens with one attached hydrogen (secondary N) is 1. The van der Waals surface area contributed by atoms with Gasteiger partial charge in [-0.25, -0.2) is 0 Å². The van der Waals surface area contributed by atoms with Crippen LogP contribution < -0.4 is 5.32 Å². The van der Waals surface area contributed by atoms with E-state index in [9.17, 15) is 0 Å². The van der Waals surface area contributed by atoms with Crippen molar-refractivity contribution in [2.75, 3.05) is 26.2 Å². The molecule has 0 aromatic carbocycles. The van der Waals surface area contributed by atoms with Gasteiger partial charge in [0.05, 0.1) is 0 Å². The highest BCUT2D eigenvalue weighted by molar-refractivity contribution is 4.87. The molecule has 1 saturated heterocycles. The van der Waals surface area contributed by atoms with Gasteiger partial charge in [-0.1, -0.05) is 12.2 Å². The van der Waals surface area contributed by atoms with E-state index < -0.39 is 0 Å². The van der Waals surface area contributed by atoms with Gasteiger partial charge in [0.25, 0.3) is 0 Å². The molecule has 0 bridgehead atoms. The van der Waals surface area contributed by atoms with Crippen molar-refractivity contribution >= 4 is 0 Å². The van der Waals surface area contributed by atoms with Crippen molar-refractivity contribution in [3.05, 3.63) is 25.3 Å². The molecule has 0 amide bonds. The van der Waals surface area contributed by atoms with E-state index in [1.807, 2.05) is 12.2 Å². The summed E-state index contributed by atoms with van der Waals surface area (Å²) in [5.74, 6) is 0. The summed E-state index contributed by atoms with van der Waals surface area (Å²) < 4.78 is 0. The van der Waals surface area contributed by atoms with Gasteiger partial charge in [-0.3, -0.25) is 4.90 Å². The molecule has 1 N–H and O–H groups in total. The molecule has 0 aromatic rings. The van der Waals surface area contributed by atoms with E-state index in [0.29, 0.717) is 6.04 Å². The van der Waals surface area contributed by atoms with E-state index in [2.05, 4.69) is 23.4 Å². The zero-order chi connectivity index (χ0) is 9.52. The van der Waals surface area contributed by atoms with Crippen LogP contribution in [0.25, 0.3) is 0 Å². The number of rotatable bonds is 4. The lowest BCUT2D eigenvalue weighted by molar-refractivity contribution is 0.233. The first-order valence-corrected chi connectivity index (χ1v) is 5.05. The number of hydrogen-bond donors (Lipinski definition) is 1. The maximum absolute atomic E-state index is 3.80. The second kappa shape index (κ2) is 5.95. The molecule has 0 saturated carbocycles. The van der Waals surface area contributed by atoms with Crippen LogP contribution >= 0.6 is 0 Å². The van der Waals surface area contributed by atoms with Crippen LogP contribution in [0.1, 0.15) is 12.8 Å². The molecule has 1 aliphatic rings. The Morgan fingerprint density at radius 1 is 1.38 bits per heavy atom. The fourth-order valence-electron chi connectivity index (χ4n) is 1.82. The summed E-state index contributed by atoms with van der Waals surface area (Å²) in [7, 11) is 0. The fourth-order valence-corrected chi connectivity index (χ4v) is 1.82. The normalized spacial score (nSPS) is 25.1. The SMILES string of the molecule is C=CCC1CNCCCN1CC=C. The fraction of sp³-hybridized carbons (Fsp3) is 0.636. The Bertz CT molecular complexity index is 147. The molecular weight excluding hydrogens is 160 g/mol. The molecule has 0 aliphatic carbocycles.